The SMILES string of the molecule is CCCCCC(C)NCc1cc(Br)cc(Br)c1OCC. The van der Waals surface area contributed by atoms with E-state index in [1.54, 1.807) is 0 Å². The van der Waals surface area contributed by atoms with E-state index in [-0.39, 0.29) is 0 Å². The van der Waals surface area contributed by atoms with E-state index in [0.717, 1.165) is 21.2 Å². The van der Waals surface area contributed by atoms with E-state index >= 15 is 0 Å². The van der Waals surface area contributed by atoms with Crippen molar-refractivity contribution in [2.75, 3.05) is 6.61 Å². The van der Waals surface area contributed by atoms with E-state index in [1.165, 1.54) is 31.2 Å². The van der Waals surface area contributed by atoms with Crippen LogP contribution in [-0.2, 0) is 6.54 Å². The van der Waals surface area contributed by atoms with Crippen molar-refractivity contribution < 1.29 is 4.74 Å². The largest absolute Gasteiger partial charge is 0.492 e. The minimum absolute atomic E-state index is 0.536. The summed E-state index contributed by atoms with van der Waals surface area (Å²) in [6.45, 7) is 8.02. The lowest BCUT2D eigenvalue weighted by molar-refractivity contribution is 0.332. The molecule has 0 aliphatic heterocycles. The lowest BCUT2D eigenvalue weighted by Gasteiger charge is -2.17. The molecule has 0 spiro atoms. The number of ether oxygens (including phenoxy) is 1. The van der Waals surface area contributed by atoms with Crippen LogP contribution in [0.3, 0.4) is 0 Å². The molecule has 4 heteroatoms. The van der Waals surface area contributed by atoms with Gasteiger partial charge < -0.3 is 10.1 Å². The van der Waals surface area contributed by atoms with Gasteiger partial charge in [-0.1, -0.05) is 42.1 Å². The molecule has 20 heavy (non-hydrogen) atoms. The van der Waals surface area contributed by atoms with Gasteiger partial charge in [0.25, 0.3) is 0 Å². The van der Waals surface area contributed by atoms with Crippen LogP contribution in [0.1, 0.15) is 52.0 Å². The topological polar surface area (TPSA) is 21.3 Å². The summed E-state index contributed by atoms with van der Waals surface area (Å²) < 4.78 is 7.82. The quantitative estimate of drug-likeness (QED) is 0.533. The smallest absolute Gasteiger partial charge is 0.138 e. The Morgan fingerprint density at radius 1 is 1.20 bits per heavy atom. The molecular weight excluding hydrogens is 382 g/mol. The molecule has 1 unspecified atom stereocenters. The molecule has 1 atom stereocenters. The number of hydrogen-bond donors (Lipinski definition) is 1. The molecule has 0 saturated heterocycles. The summed E-state index contributed by atoms with van der Waals surface area (Å²) in [7, 11) is 0. The summed E-state index contributed by atoms with van der Waals surface area (Å²) in [5, 5.41) is 3.59. The van der Waals surface area contributed by atoms with E-state index in [2.05, 4.69) is 57.1 Å². The normalized spacial score (nSPS) is 12.4. The minimum atomic E-state index is 0.536. The van der Waals surface area contributed by atoms with Crippen molar-refractivity contribution >= 4 is 31.9 Å². The first kappa shape index (κ1) is 18.0. The third-order valence-corrected chi connectivity index (χ3v) is 4.30. The van der Waals surface area contributed by atoms with Gasteiger partial charge in [0.05, 0.1) is 11.1 Å². The van der Waals surface area contributed by atoms with E-state index in [4.69, 9.17) is 4.74 Å². The fourth-order valence-corrected chi connectivity index (χ4v) is 3.57. The van der Waals surface area contributed by atoms with Crippen LogP contribution >= 0.6 is 31.9 Å². The maximum atomic E-state index is 5.75. The van der Waals surface area contributed by atoms with E-state index in [1.807, 2.05) is 13.0 Å². The molecule has 1 aromatic rings. The Kier molecular flexibility index (Phi) is 8.82. The summed E-state index contributed by atoms with van der Waals surface area (Å²) in [6, 6.07) is 4.69. The first-order valence-electron chi connectivity index (χ1n) is 7.42. The number of halogens is 2. The van der Waals surface area contributed by atoms with Gasteiger partial charge in [0.15, 0.2) is 0 Å². The molecule has 1 aromatic carbocycles. The summed E-state index contributed by atoms with van der Waals surface area (Å²) in [6.07, 6.45) is 5.12. The molecule has 0 aliphatic rings. The van der Waals surface area contributed by atoms with Gasteiger partial charge in [-0.15, -0.1) is 0 Å². The van der Waals surface area contributed by atoms with Crippen molar-refractivity contribution in [3.05, 3.63) is 26.6 Å². The van der Waals surface area contributed by atoms with Gasteiger partial charge >= 0.3 is 0 Å². The molecule has 0 aliphatic carbocycles. The average molecular weight is 407 g/mol. The molecule has 1 N–H and O–H groups in total. The van der Waals surface area contributed by atoms with Crippen molar-refractivity contribution in [2.24, 2.45) is 0 Å². The third-order valence-electron chi connectivity index (χ3n) is 3.26. The van der Waals surface area contributed by atoms with Gasteiger partial charge in [-0.25, -0.2) is 0 Å². The van der Waals surface area contributed by atoms with Crippen molar-refractivity contribution in [1.29, 1.82) is 0 Å². The number of rotatable bonds is 9. The standard InChI is InChI=1S/C16H25Br2NO/c1-4-6-7-8-12(3)19-11-13-9-14(17)10-15(18)16(13)20-5-2/h9-10,12,19H,4-8,11H2,1-3H3. The van der Waals surface area contributed by atoms with Gasteiger partial charge in [-0.3, -0.25) is 0 Å². The molecule has 0 fully saturated rings. The Bertz CT molecular complexity index is 410. The van der Waals surface area contributed by atoms with Gasteiger partial charge in [0.1, 0.15) is 5.75 Å². The highest BCUT2D eigenvalue weighted by Gasteiger charge is 2.11. The summed E-state index contributed by atoms with van der Waals surface area (Å²) in [5.74, 6) is 0.948. The lowest BCUT2D eigenvalue weighted by atomic mass is 10.1. The molecule has 114 valence electrons. The van der Waals surface area contributed by atoms with Crippen LogP contribution in [0.25, 0.3) is 0 Å². The molecule has 0 aromatic heterocycles. The monoisotopic (exact) mass is 405 g/mol. The molecule has 2 nitrogen and oxygen atoms in total. The molecule has 0 heterocycles. The maximum Gasteiger partial charge on any atom is 0.138 e. The van der Waals surface area contributed by atoms with Crippen LogP contribution in [0, 0.1) is 0 Å². The van der Waals surface area contributed by atoms with E-state index in [9.17, 15) is 0 Å². The Morgan fingerprint density at radius 3 is 2.60 bits per heavy atom. The second kappa shape index (κ2) is 9.80. The van der Waals surface area contributed by atoms with Crippen molar-refractivity contribution in [3.8, 4) is 5.75 Å². The molecule has 0 saturated carbocycles. The van der Waals surface area contributed by atoms with Crippen molar-refractivity contribution in [3.63, 3.8) is 0 Å². The van der Waals surface area contributed by atoms with E-state index in [0.29, 0.717) is 12.6 Å². The summed E-state index contributed by atoms with van der Waals surface area (Å²) in [5.41, 5.74) is 1.19. The van der Waals surface area contributed by atoms with Gasteiger partial charge in [0.2, 0.25) is 0 Å². The second-order valence-corrected chi connectivity index (χ2v) is 6.86. The first-order valence-corrected chi connectivity index (χ1v) is 9.01. The molecule has 1 rings (SSSR count). The molecular formula is C16H25Br2NO. The summed E-state index contributed by atoms with van der Waals surface area (Å²) in [4.78, 5) is 0. The Labute approximate surface area is 139 Å². The zero-order chi connectivity index (χ0) is 15.0. The Hall–Kier alpha value is -0.0600. The van der Waals surface area contributed by atoms with Gasteiger partial charge in [-0.05, 0) is 48.3 Å². The molecule has 0 bridgehead atoms. The molecule has 0 amide bonds. The van der Waals surface area contributed by atoms with Gasteiger partial charge in [-0.2, -0.15) is 0 Å². The predicted octanol–water partition coefficient (Wildman–Crippen LogP) is 5.67. The second-order valence-electron chi connectivity index (χ2n) is 5.09. The maximum absolute atomic E-state index is 5.75. The van der Waals surface area contributed by atoms with Crippen molar-refractivity contribution in [1.82, 2.24) is 5.32 Å². The average Bonchev–Trinajstić information content (AvgIpc) is 2.40. The fourth-order valence-electron chi connectivity index (χ4n) is 2.14. The summed E-state index contributed by atoms with van der Waals surface area (Å²) >= 11 is 7.12. The number of nitrogens with one attached hydrogen (secondary N) is 1. The number of benzene rings is 1. The van der Waals surface area contributed by atoms with Crippen LogP contribution in [-0.4, -0.2) is 12.6 Å². The highest BCUT2D eigenvalue weighted by Crippen LogP contribution is 2.33. The zero-order valence-corrected chi connectivity index (χ0v) is 15.8. The fraction of sp³-hybridized carbons (Fsp3) is 0.625. The van der Waals surface area contributed by atoms with Crippen LogP contribution in [0.15, 0.2) is 21.1 Å². The first-order chi connectivity index (χ1) is 9.58. The van der Waals surface area contributed by atoms with Gasteiger partial charge in [0, 0.05) is 22.6 Å². The van der Waals surface area contributed by atoms with Crippen molar-refractivity contribution in [2.45, 2.75) is 59.0 Å². The van der Waals surface area contributed by atoms with Crippen LogP contribution in [0.2, 0.25) is 0 Å². The van der Waals surface area contributed by atoms with Crippen LogP contribution < -0.4 is 10.1 Å². The number of unbranched alkanes of at least 4 members (excludes halogenated alkanes) is 2. The lowest BCUT2D eigenvalue weighted by Crippen LogP contribution is -2.25. The highest BCUT2D eigenvalue weighted by atomic mass is 79.9. The highest BCUT2D eigenvalue weighted by molar-refractivity contribution is 9.11. The van der Waals surface area contributed by atoms with E-state index < -0.39 is 0 Å². The predicted molar refractivity (Wildman–Crippen MR) is 93.5 cm³/mol. The Balaban J connectivity index is 2.62. The Morgan fingerprint density at radius 2 is 1.95 bits per heavy atom. The van der Waals surface area contributed by atoms with Crippen LogP contribution in [0.4, 0.5) is 0 Å². The van der Waals surface area contributed by atoms with Crippen LogP contribution in [0.5, 0.6) is 5.75 Å². The minimum Gasteiger partial charge on any atom is -0.492 e. The number of hydrogen-bond acceptors (Lipinski definition) is 2. The zero-order valence-electron chi connectivity index (χ0n) is 12.6. The third kappa shape index (κ3) is 6.15. The molecule has 0 radical (unpaired) electrons.